The van der Waals surface area contributed by atoms with Gasteiger partial charge in [-0.15, -0.1) is 0 Å². The number of hydrogen-bond acceptors (Lipinski definition) is 6. The summed E-state index contributed by atoms with van der Waals surface area (Å²) in [7, 11) is -0.0457. The SMILES string of the molecule is COc1ccc(OC)c(N2C(=NC(=O)Cc3cccc(C)c3)S[C@H]3CS(=O)(=O)C[C@H]32)c1. The number of methoxy groups -OCH3 is 2. The van der Waals surface area contributed by atoms with E-state index in [1.54, 1.807) is 32.4 Å². The topological polar surface area (TPSA) is 85.3 Å². The van der Waals surface area contributed by atoms with Gasteiger partial charge in [0.15, 0.2) is 15.0 Å². The molecular formula is C22H24N2O5S2. The molecule has 0 unspecified atom stereocenters. The molecule has 0 aliphatic carbocycles. The maximum atomic E-state index is 12.8. The zero-order chi connectivity index (χ0) is 22.2. The molecule has 1 amide bonds. The Morgan fingerprint density at radius 3 is 2.68 bits per heavy atom. The summed E-state index contributed by atoms with van der Waals surface area (Å²) >= 11 is 1.34. The highest BCUT2D eigenvalue weighted by Crippen LogP contribution is 2.45. The van der Waals surface area contributed by atoms with Crippen molar-refractivity contribution in [1.29, 1.82) is 0 Å². The lowest BCUT2D eigenvalue weighted by Gasteiger charge is -2.26. The Labute approximate surface area is 186 Å². The van der Waals surface area contributed by atoms with E-state index in [9.17, 15) is 13.2 Å². The van der Waals surface area contributed by atoms with Crippen LogP contribution in [-0.2, 0) is 21.1 Å². The van der Waals surface area contributed by atoms with Crippen molar-refractivity contribution in [3.05, 3.63) is 53.6 Å². The number of fused-ring (bicyclic) bond motifs is 1. The molecule has 2 aliphatic heterocycles. The Morgan fingerprint density at radius 2 is 1.97 bits per heavy atom. The number of aryl methyl sites for hydroxylation is 1. The lowest BCUT2D eigenvalue weighted by molar-refractivity contribution is -0.117. The number of sulfone groups is 1. The number of amidine groups is 1. The van der Waals surface area contributed by atoms with E-state index in [1.807, 2.05) is 36.1 Å². The molecule has 164 valence electrons. The fraction of sp³-hybridized carbons (Fsp3) is 0.364. The molecule has 0 saturated carbocycles. The van der Waals surface area contributed by atoms with Gasteiger partial charge in [0.2, 0.25) is 0 Å². The first-order chi connectivity index (χ1) is 14.8. The number of nitrogens with zero attached hydrogens (tertiary/aromatic N) is 2. The Hall–Kier alpha value is -2.52. The highest BCUT2D eigenvalue weighted by Gasteiger charge is 2.50. The van der Waals surface area contributed by atoms with E-state index in [2.05, 4.69) is 4.99 Å². The molecule has 7 nitrogen and oxygen atoms in total. The van der Waals surface area contributed by atoms with E-state index < -0.39 is 9.84 Å². The number of carbonyl (C=O) groups excluding carboxylic acids is 1. The van der Waals surface area contributed by atoms with Gasteiger partial charge in [0.05, 0.1) is 43.9 Å². The third-order valence-electron chi connectivity index (χ3n) is 5.37. The lowest BCUT2D eigenvalue weighted by atomic mass is 10.1. The molecule has 2 aromatic carbocycles. The van der Waals surface area contributed by atoms with Crippen LogP contribution in [0.15, 0.2) is 47.5 Å². The number of hydrogen-bond donors (Lipinski definition) is 0. The van der Waals surface area contributed by atoms with Crippen LogP contribution in [0.25, 0.3) is 0 Å². The average Bonchev–Trinajstić information content (AvgIpc) is 3.17. The van der Waals surface area contributed by atoms with Crippen LogP contribution in [0.1, 0.15) is 11.1 Å². The van der Waals surface area contributed by atoms with Crippen molar-refractivity contribution in [2.75, 3.05) is 30.6 Å². The van der Waals surface area contributed by atoms with Crippen molar-refractivity contribution in [2.45, 2.75) is 24.6 Å². The molecule has 2 aromatic rings. The molecule has 0 bridgehead atoms. The fourth-order valence-corrected chi connectivity index (χ4v) is 7.90. The second-order valence-electron chi connectivity index (χ2n) is 7.66. The smallest absolute Gasteiger partial charge is 0.252 e. The summed E-state index contributed by atoms with van der Waals surface area (Å²) in [4.78, 5) is 19.0. The van der Waals surface area contributed by atoms with Crippen LogP contribution in [0, 0.1) is 6.92 Å². The molecule has 2 atom stereocenters. The van der Waals surface area contributed by atoms with Gasteiger partial charge in [-0.1, -0.05) is 41.6 Å². The molecule has 31 heavy (non-hydrogen) atoms. The molecule has 2 fully saturated rings. The van der Waals surface area contributed by atoms with Gasteiger partial charge in [-0.3, -0.25) is 4.79 Å². The Kier molecular flexibility index (Phi) is 5.98. The molecular weight excluding hydrogens is 436 g/mol. The largest absolute Gasteiger partial charge is 0.497 e. The number of carbonyl (C=O) groups is 1. The van der Waals surface area contributed by atoms with Crippen molar-refractivity contribution in [3.8, 4) is 11.5 Å². The number of ether oxygens (including phenoxy) is 2. The fourth-order valence-electron chi connectivity index (χ4n) is 3.97. The molecule has 0 aromatic heterocycles. The van der Waals surface area contributed by atoms with Crippen molar-refractivity contribution in [3.63, 3.8) is 0 Å². The van der Waals surface area contributed by atoms with Crippen LogP contribution >= 0.6 is 11.8 Å². The van der Waals surface area contributed by atoms with E-state index in [0.29, 0.717) is 22.4 Å². The van der Waals surface area contributed by atoms with Gasteiger partial charge in [-0.2, -0.15) is 4.99 Å². The summed E-state index contributed by atoms with van der Waals surface area (Å²) in [6, 6.07) is 12.8. The molecule has 9 heteroatoms. The van der Waals surface area contributed by atoms with Crippen LogP contribution in [-0.4, -0.2) is 56.5 Å². The van der Waals surface area contributed by atoms with Crippen LogP contribution < -0.4 is 14.4 Å². The van der Waals surface area contributed by atoms with Gasteiger partial charge in [0.25, 0.3) is 5.91 Å². The number of anilines is 1. The Bertz CT molecular complexity index is 1150. The summed E-state index contributed by atoms with van der Waals surface area (Å²) in [6.45, 7) is 1.98. The van der Waals surface area contributed by atoms with E-state index in [0.717, 1.165) is 11.1 Å². The predicted molar refractivity (Wildman–Crippen MR) is 123 cm³/mol. The third-order valence-corrected chi connectivity index (χ3v) is 8.58. The highest BCUT2D eigenvalue weighted by molar-refractivity contribution is 8.16. The molecule has 0 spiro atoms. The Balaban J connectivity index is 1.71. The number of thioether (sulfide) groups is 1. The molecule has 0 radical (unpaired) electrons. The minimum absolute atomic E-state index is 0.0100. The van der Waals surface area contributed by atoms with Gasteiger partial charge in [-0.25, -0.2) is 8.42 Å². The summed E-state index contributed by atoms with van der Waals surface area (Å²) in [5.41, 5.74) is 2.61. The van der Waals surface area contributed by atoms with E-state index in [4.69, 9.17) is 9.47 Å². The first-order valence-electron chi connectivity index (χ1n) is 9.85. The second kappa shape index (κ2) is 8.55. The lowest BCUT2D eigenvalue weighted by Crippen LogP contribution is -2.38. The first kappa shape index (κ1) is 21.7. The molecule has 0 N–H and O–H groups in total. The minimum Gasteiger partial charge on any atom is -0.497 e. The zero-order valence-corrected chi connectivity index (χ0v) is 19.2. The second-order valence-corrected chi connectivity index (χ2v) is 11.0. The van der Waals surface area contributed by atoms with Crippen molar-refractivity contribution in [2.24, 2.45) is 4.99 Å². The zero-order valence-electron chi connectivity index (χ0n) is 17.6. The normalized spacial score (nSPS) is 23.1. The predicted octanol–water partition coefficient (Wildman–Crippen LogP) is 2.86. The maximum absolute atomic E-state index is 12.8. The summed E-state index contributed by atoms with van der Waals surface area (Å²) in [6.07, 6.45) is 0.183. The summed E-state index contributed by atoms with van der Waals surface area (Å²) in [5.74, 6) is 0.968. The monoisotopic (exact) mass is 460 g/mol. The van der Waals surface area contributed by atoms with Gasteiger partial charge >= 0.3 is 0 Å². The number of rotatable bonds is 5. The molecule has 4 rings (SSSR count). The molecule has 2 heterocycles. The summed E-state index contributed by atoms with van der Waals surface area (Å²) in [5, 5.41) is 0.306. The third kappa shape index (κ3) is 4.57. The number of amides is 1. The molecule has 2 aliphatic rings. The maximum Gasteiger partial charge on any atom is 0.252 e. The highest BCUT2D eigenvalue weighted by atomic mass is 32.2. The van der Waals surface area contributed by atoms with Gasteiger partial charge in [0.1, 0.15) is 11.5 Å². The van der Waals surface area contributed by atoms with Crippen LogP contribution in [0.4, 0.5) is 5.69 Å². The Morgan fingerprint density at radius 1 is 1.16 bits per heavy atom. The summed E-state index contributed by atoms with van der Waals surface area (Å²) < 4.78 is 35.5. The average molecular weight is 461 g/mol. The van der Waals surface area contributed by atoms with Crippen LogP contribution in [0.2, 0.25) is 0 Å². The quantitative estimate of drug-likeness (QED) is 0.678. The van der Waals surface area contributed by atoms with Gasteiger partial charge in [0, 0.05) is 11.3 Å². The van der Waals surface area contributed by atoms with E-state index in [1.165, 1.54) is 11.8 Å². The number of benzene rings is 2. The van der Waals surface area contributed by atoms with E-state index >= 15 is 0 Å². The van der Waals surface area contributed by atoms with Gasteiger partial charge < -0.3 is 14.4 Å². The van der Waals surface area contributed by atoms with Crippen LogP contribution in [0.5, 0.6) is 11.5 Å². The van der Waals surface area contributed by atoms with Crippen molar-refractivity contribution >= 4 is 38.4 Å². The van der Waals surface area contributed by atoms with E-state index in [-0.39, 0.29) is 35.1 Å². The number of aliphatic imine (C=N–C) groups is 1. The van der Waals surface area contributed by atoms with Crippen molar-refractivity contribution < 1.29 is 22.7 Å². The standard InChI is InChI=1S/C22H24N2O5S2/c1-14-5-4-6-15(9-14)10-21(25)23-22-24(18-12-31(26,27)13-20(18)30-22)17-11-16(28-2)7-8-19(17)29-3/h4-9,11,18,20H,10,12-13H2,1-3H3/t18-,20+/m1/s1. The van der Waals surface area contributed by atoms with Crippen LogP contribution in [0.3, 0.4) is 0 Å². The van der Waals surface area contributed by atoms with Crippen molar-refractivity contribution in [1.82, 2.24) is 0 Å². The van der Waals surface area contributed by atoms with Gasteiger partial charge in [-0.05, 0) is 24.6 Å². The first-order valence-corrected chi connectivity index (χ1v) is 12.5. The molecule has 2 saturated heterocycles. The minimum atomic E-state index is -3.16.